The molecule has 0 N–H and O–H groups in total. The van der Waals surface area contributed by atoms with E-state index < -0.39 is 0 Å². The fraction of sp³-hybridized carbons (Fsp3) is 0.113. The molecule has 0 saturated heterocycles. The van der Waals surface area contributed by atoms with Crippen LogP contribution in [0.5, 0.6) is 0 Å². The zero-order valence-electron chi connectivity index (χ0n) is 84.5. The number of rotatable bonds is 12. The average molecular weight is 2650 g/mol. The number of furan rings is 4. The second kappa shape index (κ2) is 52.5. The molecule has 25 rings (SSSR count). The maximum atomic E-state index is 6.07. The number of fused-ring (bicyclic) bond motifs is 12. The Morgan fingerprint density at radius 1 is 0.228 bits per heavy atom. The van der Waals surface area contributed by atoms with Crippen molar-refractivity contribution in [3.8, 4) is 101 Å². The monoisotopic (exact) mass is 2650 g/mol. The Hall–Kier alpha value is -15.1. The molecule has 13 aromatic carbocycles. The average Bonchev–Trinajstić information content (AvgIpc) is 1.62. The van der Waals surface area contributed by atoms with Crippen LogP contribution in [0, 0.1) is 90.1 Å². The minimum atomic E-state index is 0. The standard InChI is InChI=1S/3C20H16NO.C19H16N.C18H12NO.3C12H10N.4Ir/c1-13(2)17-10-6-11-18(21-17)16-9-5-8-15-14-7-3-4-12-19(14)22-20(15)16;1-13(2)14-10-11-21-18(12-14)17-8-5-7-16-15-6-3-4-9-19(15)22-20(16)17;1-13(2)14-10-11-18(21-12-14)17-8-5-7-16-15-6-3-4-9-19(15)22-20(16)17;1-14-8-9-20-19(12-14)18-11-15(2)10-17(13-18)16-6-4-3-5-7-16;1-12-8-9-13-14-5-4-6-15(16-7-2-3-10-19-16)18(14)20-17(13)11-12;3*1-10-5-7-11(8-6-10)12-4-2-3-9-13-12;;;;/h3-8,10-13H,1-2H3;2*3-7,9-13H,1-2H3;3-10,12-13H,1-2H3;2-5,7-11H,1H3;3*2-7,9H,1H3;;;;/q8*-1;;;;. The van der Waals surface area contributed by atoms with E-state index in [1.54, 1.807) is 24.8 Å². The summed E-state index contributed by atoms with van der Waals surface area (Å²) in [6.45, 7) is 25.4. The first-order valence-electron chi connectivity index (χ1n) is 48.7. The van der Waals surface area contributed by atoms with Crippen molar-refractivity contribution in [3.63, 3.8) is 0 Å². The van der Waals surface area contributed by atoms with Crippen LogP contribution in [0.4, 0.5) is 0 Å². The van der Waals surface area contributed by atoms with Gasteiger partial charge >= 0.3 is 0 Å². The van der Waals surface area contributed by atoms with Crippen molar-refractivity contribution >= 4 is 87.8 Å². The predicted molar refractivity (Wildman–Crippen MR) is 593 cm³/mol. The molecular formula is C133H106Ir4N8O4-8. The normalized spacial score (nSPS) is 10.7. The molecule has 149 heavy (non-hydrogen) atoms. The molecule has 0 aliphatic heterocycles. The van der Waals surface area contributed by atoms with Gasteiger partial charge in [-0.3, -0.25) is 0 Å². The summed E-state index contributed by atoms with van der Waals surface area (Å²) in [5, 5.41) is 8.98. The molecule has 0 amide bonds. The SMILES string of the molecule is CC(C)c1ccc(-c2[c-]ccc3c2oc2ccccc23)nc1.CC(C)c1cccc(-c2[c-]ccc3c2oc2ccccc23)n1.CC(C)c1ccnc(-c2[c-]ccc3c2oc2ccccc23)c1.Cc1[c-]c(-c2cc(C)ccn2)cc(-c2ccccc2)c1.Cc1c[c-]c(-c2ccccn2)cc1.Cc1c[c-]c(-c2ccccn2)cc1.Cc1c[c-]c(-c2ccccn2)cc1.Cc1ccc2c(c1)oc1c(-c3ccccn3)[c-]ccc12.[Ir].[Ir].[Ir].[Ir]. The van der Waals surface area contributed by atoms with Crippen LogP contribution in [-0.4, -0.2) is 39.9 Å². The topological polar surface area (TPSA) is 156 Å². The zero-order chi connectivity index (χ0) is 100. The molecular weight excluding hydrogens is 2540 g/mol. The molecule has 12 heterocycles. The Morgan fingerprint density at radius 3 is 1.03 bits per heavy atom. The van der Waals surface area contributed by atoms with Gasteiger partial charge in [0.1, 0.15) is 22.3 Å². The minimum Gasteiger partial charge on any atom is -0.501 e. The van der Waals surface area contributed by atoms with Crippen LogP contribution in [-0.2, 0) is 80.4 Å². The number of para-hydroxylation sites is 3. The predicted octanol–water partition coefficient (Wildman–Crippen LogP) is 34.9. The molecule has 0 atom stereocenters. The van der Waals surface area contributed by atoms with Gasteiger partial charge in [-0.1, -0.05) is 306 Å². The van der Waals surface area contributed by atoms with E-state index >= 15 is 0 Å². The third-order valence-electron chi connectivity index (χ3n) is 24.6. The van der Waals surface area contributed by atoms with E-state index in [0.29, 0.717) is 17.8 Å². The summed E-state index contributed by atoms with van der Waals surface area (Å²) in [6.07, 6.45) is 12.8. The summed E-state index contributed by atoms with van der Waals surface area (Å²) in [4.78, 5) is 35.5. The number of aromatic nitrogens is 8. The molecule has 0 spiro atoms. The quantitative estimate of drug-likeness (QED) is 0.107. The Morgan fingerprint density at radius 2 is 0.611 bits per heavy atom. The first-order valence-corrected chi connectivity index (χ1v) is 48.7. The summed E-state index contributed by atoms with van der Waals surface area (Å²) in [5.74, 6) is 1.35. The molecule has 0 bridgehead atoms. The molecule has 0 fully saturated rings. The van der Waals surface area contributed by atoms with Gasteiger partial charge in [0.2, 0.25) is 0 Å². The fourth-order valence-corrected chi connectivity index (χ4v) is 16.8. The third-order valence-corrected chi connectivity index (χ3v) is 24.6. The Kier molecular flexibility index (Phi) is 38.6. The molecule has 25 aromatic rings. The van der Waals surface area contributed by atoms with Crippen molar-refractivity contribution in [1.82, 2.24) is 39.9 Å². The van der Waals surface area contributed by atoms with Gasteiger partial charge in [-0.25, -0.2) is 0 Å². The molecule has 4 radical (unpaired) electrons. The second-order valence-corrected chi connectivity index (χ2v) is 36.4. The van der Waals surface area contributed by atoms with Crippen LogP contribution >= 0.6 is 0 Å². The molecule has 12 nitrogen and oxygen atoms in total. The van der Waals surface area contributed by atoms with Crippen LogP contribution in [0.25, 0.3) is 189 Å². The molecule has 0 aliphatic carbocycles. The first kappa shape index (κ1) is 110. The Bertz CT molecular complexity index is 8290. The molecule has 0 unspecified atom stereocenters. The number of benzene rings is 13. The van der Waals surface area contributed by atoms with E-state index in [1.807, 2.05) is 249 Å². The zero-order valence-corrected chi connectivity index (χ0v) is 94.0. The first-order chi connectivity index (χ1) is 70.8. The van der Waals surface area contributed by atoms with Gasteiger partial charge in [-0.15, -0.1) is 214 Å². The van der Waals surface area contributed by atoms with E-state index in [4.69, 9.17) is 22.7 Å². The fourth-order valence-electron chi connectivity index (χ4n) is 16.8. The maximum absolute atomic E-state index is 6.07. The summed E-state index contributed by atoms with van der Waals surface area (Å²) in [7, 11) is 0. The summed E-state index contributed by atoms with van der Waals surface area (Å²) in [6, 6.07) is 148. The van der Waals surface area contributed by atoms with E-state index in [0.717, 1.165) is 189 Å². The van der Waals surface area contributed by atoms with Gasteiger partial charge in [0.25, 0.3) is 0 Å². The largest absolute Gasteiger partial charge is 0.501 e. The van der Waals surface area contributed by atoms with E-state index in [2.05, 4.69) is 300 Å². The summed E-state index contributed by atoms with van der Waals surface area (Å²) >= 11 is 0. The summed E-state index contributed by atoms with van der Waals surface area (Å²) in [5.41, 5.74) is 35.7. The van der Waals surface area contributed by atoms with Crippen molar-refractivity contribution in [2.24, 2.45) is 0 Å². The van der Waals surface area contributed by atoms with Crippen LogP contribution in [0.3, 0.4) is 0 Å². The number of hydrogen-bond acceptors (Lipinski definition) is 12. The Labute approximate surface area is 925 Å². The number of pyridine rings is 8. The van der Waals surface area contributed by atoms with Gasteiger partial charge in [-0.05, 0) is 161 Å². The Balaban J connectivity index is 0.000000135. The van der Waals surface area contributed by atoms with Crippen LogP contribution in [0.15, 0.2) is 425 Å². The molecule has 16 heteroatoms. The van der Waals surface area contributed by atoms with Gasteiger partial charge in [-0.2, -0.15) is 0 Å². The van der Waals surface area contributed by atoms with Gasteiger partial charge in [0, 0.05) is 151 Å². The van der Waals surface area contributed by atoms with E-state index in [-0.39, 0.29) is 80.4 Å². The molecule has 746 valence electrons. The molecule has 0 aliphatic rings. The van der Waals surface area contributed by atoms with E-state index in [9.17, 15) is 0 Å². The van der Waals surface area contributed by atoms with Crippen molar-refractivity contribution in [1.29, 1.82) is 0 Å². The number of nitrogens with zero attached hydrogens (tertiary/aromatic N) is 8. The van der Waals surface area contributed by atoms with Crippen molar-refractivity contribution in [2.45, 2.75) is 101 Å². The maximum Gasteiger partial charge on any atom is 0.121 e. The van der Waals surface area contributed by atoms with Gasteiger partial charge in [0.05, 0.1) is 22.3 Å². The van der Waals surface area contributed by atoms with Crippen LogP contribution < -0.4 is 0 Å². The van der Waals surface area contributed by atoms with Crippen LogP contribution in [0.2, 0.25) is 0 Å². The minimum absolute atomic E-state index is 0. The van der Waals surface area contributed by atoms with E-state index in [1.165, 1.54) is 50.1 Å². The summed E-state index contributed by atoms with van der Waals surface area (Å²) < 4.78 is 24.2. The van der Waals surface area contributed by atoms with Gasteiger partial charge in [0.15, 0.2) is 0 Å². The van der Waals surface area contributed by atoms with Crippen molar-refractivity contribution in [2.75, 3.05) is 0 Å². The molecule has 12 aromatic heterocycles. The number of hydrogen-bond donors (Lipinski definition) is 0. The smallest absolute Gasteiger partial charge is 0.121 e. The second-order valence-electron chi connectivity index (χ2n) is 36.4. The molecule has 0 saturated carbocycles. The van der Waals surface area contributed by atoms with Crippen LogP contribution in [0.1, 0.15) is 109 Å². The van der Waals surface area contributed by atoms with Crippen molar-refractivity contribution < 1.29 is 98.1 Å². The van der Waals surface area contributed by atoms with Crippen molar-refractivity contribution in [3.05, 3.63) is 506 Å². The third kappa shape index (κ3) is 27.3. The number of aryl methyl sites for hydroxylation is 6. The van der Waals surface area contributed by atoms with Gasteiger partial charge < -0.3 is 57.5 Å².